The second-order valence-corrected chi connectivity index (χ2v) is 6.42. The van der Waals surface area contributed by atoms with Crippen LogP contribution >= 0.6 is 0 Å². The lowest BCUT2D eigenvalue weighted by atomic mass is 9.96. The van der Waals surface area contributed by atoms with E-state index in [9.17, 15) is 22.8 Å². The van der Waals surface area contributed by atoms with E-state index in [0.717, 1.165) is 37.4 Å². The maximum atomic E-state index is 12.9. The third kappa shape index (κ3) is 6.72. The van der Waals surface area contributed by atoms with Crippen LogP contribution in [0.15, 0.2) is 0 Å². The fourth-order valence-electron chi connectivity index (χ4n) is 3.13. The van der Waals surface area contributed by atoms with Gasteiger partial charge in [-0.25, -0.2) is 4.79 Å². The summed E-state index contributed by atoms with van der Waals surface area (Å²) in [5.41, 5.74) is 0. The molecule has 2 amide bonds. The van der Waals surface area contributed by atoms with Crippen LogP contribution in [0.3, 0.4) is 0 Å². The van der Waals surface area contributed by atoms with Crippen LogP contribution in [0.2, 0.25) is 0 Å². The number of hydrogen-bond acceptors (Lipinski definition) is 3. The summed E-state index contributed by atoms with van der Waals surface area (Å²) in [7, 11) is 0. The van der Waals surface area contributed by atoms with Crippen LogP contribution in [0.5, 0.6) is 0 Å². The lowest BCUT2D eigenvalue weighted by Gasteiger charge is -2.22. The average Bonchev–Trinajstić information content (AvgIpc) is 2.97. The molecule has 0 aromatic rings. The van der Waals surface area contributed by atoms with Gasteiger partial charge in [0.05, 0.1) is 11.8 Å². The lowest BCUT2D eigenvalue weighted by molar-refractivity contribution is -0.187. The number of carboxylic acid groups (broad SMARTS) is 1. The Morgan fingerprint density at radius 2 is 1.76 bits per heavy atom. The molecular formula is C16H28F3N3O3. The zero-order valence-electron chi connectivity index (χ0n) is 14.8. The number of nitrogens with zero attached hydrogens (tertiary/aromatic N) is 2. The van der Waals surface area contributed by atoms with Crippen molar-refractivity contribution in [3.8, 4) is 0 Å². The minimum absolute atomic E-state index is 0.355. The highest BCUT2D eigenvalue weighted by atomic mass is 19.4. The van der Waals surface area contributed by atoms with Crippen molar-refractivity contribution in [2.24, 2.45) is 11.8 Å². The predicted octanol–water partition coefficient (Wildman–Crippen LogP) is 2.40. The van der Waals surface area contributed by atoms with Gasteiger partial charge in [0.15, 0.2) is 0 Å². The number of hydrogen-bond donors (Lipinski definition) is 2. The van der Waals surface area contributed by atoms with Crippen LogP contribution in [0.4, 0.5) is 18.0 Å². The van der Waals surface area contributed by atoms with Crippen molar-refractivity contribution >= 4 is 12.0 Å². The Morgan fingerprint density at radius 3 is 2.20 bits per heavy atom. The van der Waals surface area contributed by atoms with Gasteiger partial charge >= 0.3 is 18.2 Å². The number of carbonyl (C=O) groups excluding carboxylic acids is 1. The van der Waals surface area contributed by atoms with Gasteiger partial charge in [0.25, 0.3) is 0 Å². The van der Waals surface area contributed by atoms with Crippen molar-refractivity contribution in [3.63, 3.8) is 0 Å². The monoisotopic (exact) mass is 367 g/mol. The van der Waals surface area contributed by atoms with Crippen LogP contribution in [0, 0.1) is 11.8 Å². The SMILES string of the molecule is CCCN(CCC)CCCNC(=O)N1C[C@@H](C(F)(F)F)[C@H](C(=O)O)C1. The van der Waals surface area contributed by atoms with Crippen molar-refractivity contribution in [3.05, 3.63) is 0 Å². The number of alkyl halides is 3. The van der Waals surface area contributed by atoms with Crippen LogP contribution in [0.25, 0.3) is 0 Å². The highest BCUT2D eigenvalue weighted by Gasteiger charge is 2.53. The Morgan fingerprint density at radius 1 is 1.16 bits per heavy atom. The summed E-state index contributed by atoms with van der Waals surface area (Å²) in [5.74, 6) is -5.14. The molecule has 0 aromatic heterocycles. The Labute approximate surface area is 146 Å². The van der Waals surface area contributed by atoms with Gasteiger partial charge in [-0.2, -0.15) is 13.2 Å². The summed E-state index contributed by atoms with van der Waals surface area (Å²) in [6, 6.07) is -0.629. The molecule has 1 rings (SSSR count). The zero-order valence-corrected chi connectivity index (χ0v) is 14.8. The number of halogens is 3. The molecule has 1 aliphatic rings. The van der Waals surface area contributed by atoms with Crippen molar-refractivity contribution in [1.29, 1.82) is 0 Å². The van der Waals surface area contributed by atoms with Crippen LogP contribution in [0.1, 0.15) is 33.1 Å². The normalized spacial score (nSPS) is 21.0. The van der Waals surface area contributed by atoms with Crippen LogP contribution in [-0.4, -0.2) is 72.4 Å². The molecule has 6 nitrogen and oxygen atoms in total. The first-order valence-electron chi connectivity index (χ1n) is 8.75. The average molecular weight is 367 g/mol. The van der Waals surface area contributed by atoms with Crippen molar-refractivity contribution in [2.45, 2.75) is 39.3 Å². The molecule has 0 radical (unpaired) electrons. The molecule has 1 fully saturated rings. The summed E-state index contributed by atoms with van der Waals surface area (Å²) < 4.78 is 38.8. The molecule has 1 aliphatic heterocycles. The molecule has 0 aliphatic carbocycles. The first-order valence-corrected chi connectivity index (χ1v) is 8.75. The maximum absolute atomic E-state index is 12.9. The molecule has 0 bridgehead atoms. The number of aliphatic carboxylic acids is 1. The largest absolute Gasteiger partial charge is 0.481 e. The van der Waals surface area contributed by atoms with Crippen molar-refractivity contribution in [2.75, 3.05) is 39.3 Å². The molecule has 1 saturated heterocycles. The van der Waals surface area contributed by atoms with E-state index in [2.05, 4.69) is 24.1 Å². The van der Waals surface area contributed by atoms with Gasteiger partial charge in [-0.3, -0.25) is 4.79 Å². The fraction of sp³-hybridized carbons (Fsp3) is 0.875. The van der Waals surface area contributed by atoms with Crippen molar-refractivity contribution < 1.29 is 27.9 Å². The highest BCUT2D eigenvalue weighted by molar-refractivity contribution is 5.77. The van der Waals surface area contributed by atoms with Crippen molar-refractivity contribution in [1.82, 2.24) is 15.1 Å². The van der Waals surface area contributed by atoms with E-state index in [4.69, 9.17) is 5.11 Å². The standard InChI is InChI=1S/C16H28F3N3O3/c1-3-7-21(8-4-2)9-5-6-20-15(25)22-10-12(14(23)24)13(11-22)16(17,18)19/h12-13H,3-11H2,1-2H3,(H,20,25)(H,23,24)/t12-,13-/m1/s1. The Hall–Kier alpha value is -1.51. The maximum Gasteiger partial charge on any atom is 0.394 e. The van der Waals surface area contributed by atoms with Crippen LogP contribution < -0.4 is 5.32 Å². The molecule has 0 saturated carbocycles. The molecular weight excluding hydrogens is 339 g/mol. The summed E-state index contributed by atoms with van der Waals surface area (Å²) in [5, 5.41) is 11.6. The van der Waals surface area contributed by atoms with E-state index in [0.29, 0.717) is 13.0 Å². The molecule has 25 heavy (non-hydrogen) atoms. The number of nitrogens with one attached hydrogen (secondary N) is 1. The lowest BCUT2D eigenvalue weighted by Crippen LogP contribution is -2.40. The smallest absolute Gasteiger partial charge is 0.394 e. The minimum atomic E-state index is -4.63. The van der Waals surface area contributed by atoms with Gasteiger partial charge in [-0.15, -0.1) is 0 Å². The second kappa shape index (κ2) is 9.84. The fourth-order valence-corrected chi connectivity index (χ4v) is 3.13. The van der Waals surface area contributed by atoms with E-state index < -0.39 is 43.1 Å². The van der Waals surface area contributed by atoms with Crippen LogP contribution in [-0.2, 0) is 4.79 Å². The van der Waals surface area contributed by atoms with Gasteiger partial charge in [0.2, 0.25) is 0 Å². The summed E-state index contributed by atoms with van der Waals surface area (Å²) in [6.07, 6.45) is -1.85. The Bertz CT molecular complexity index is 440. The molecule has 2 N–H and O–H groups in total. The van der Waals surface area contributed by atoms with E-state index in [-0.39, 0.29) is 0 Å². The molecule has 2 atom stereocenters. The number of rotatable bonds is 9. The van der Waals surface area contributed by atoms with Gasteiger partial charge in [0, 0.05) is 19.6 Å². The molecule has 0 unspecified atom stereocenters. The Kier molecular flexibility index (Phi) is 8.47. The third-order valence-corrected chi connectivity index (χ3v) is 4.35. The quantitative estimate of drug-likeness (QED) is 0.614. The molecule has 146 valence electrons. The van der Waals surface area contributed by atoms with Gasteiger partial charge in [0.1, 0.15) is 0 Å². The van der Waals surface area contributed by atoms with E-state index in [1.165, 1.54) is 0 Å². The second-order valence-electron chi connectivity index (χ2n) is 6.42. The zero-order chi connectivity index (χ0) is 19.0. The van der Waals surface area contributed by atoms with Gasteiger partial charge in [-0.1, -0.05) is 13.8 Å². The number of amides is 2. The topological polar surface area (TPSA) is 72.9 Å². The highest BCUT2D eigenvalue weighted by Crippen LogP contribution is 2.37. The van der Waals surface area contributed by atoms with E-state index in [1.807, 2.05) is 0 Å². The van der Waals surface area contributed by atoms with Gasteiger partial charge < -0.3 is 20.2 Å². The molecule has 1 heterocycles. The predicted molar refractivity (Wildman–Crippen MR) is 87.3 cm³/mol. The Balaban J connectivity index is 2.44. The molecule has 0 spiro atoms. The number of urea groups is 1. The number of carbonyl (C=O) groups is 2. The number of carboxylic acids is 1. The first kappa shape index (κ1) is 21.5. The summed E-state index contributed by atoms with van der Waals surface area (Å²) in [6.45, 7) is 6.27. The van der Waals surface area contributed by atoms with E-state index in [1.54, 1.807) is 0 Å². The first-order chi connectivity index (χ1) is 11.7. The molecule has 0 aromatic carbocycles. The minimum Gasteiger partial charge on any atom is -0.481 e. The summed E-state index contributed by atoms with van der Waals surface area (Å²) in [4.78, 5) is 26.3. The third-order valence-electron chi connectivity index (χ3n) is 4.35. The van der Waals surface area contributed by atoms with Gasteiger partial charge in [-0.05, 0) is 38.9 Å². The number of likely N-dealkylation sites (tertiary alicyclic amines) is 1. The molecule has 9 heteroatoms. The summed E-state index contributed by atoms with van der Waals surface area (Å²) >= 11 is 0. The van der Waals surface area contributed by atoms with E-state index >= 15 is 0 Å².